The van der Waals surface area contributed by atoms with Crippen LogP contribution in [0.3, 0.4) is 0 Å². The van der Waals surface area contributed by atoms with Gasteiger partial charge < -0.3 is 0 Å². The minimum atomic E-state index is 0.579. The Hall–Kier alpha value is -1.45. The Labute approximate surface area is 142 Å². The molecule has 0 N–H and O–H groups in total. The lowest BCUT2D eigenvalue weighted by atomic mass is 10.6. The summed E-state index contributed by atoms with van der Waals surface area (Å²) in [5.74, 6) is 0. The lowest BCUT2D eigenvalue weighted by Crippen LogP contribution is -1.90. The van der Waals surface area contributed by atoms with Gasteiger partial charge >= 0.3 is 0 Å². The number of aromatic nitrogens is 6. The van der Waals surface area contributed by atoms with Gasteiger partial charge in [-0.05, 0) is 34.7 Å². The zero-order valence-electron chi connectivity index (χ0n) is 10.4. The summed E-state index contributed by atoms with van der Waals surface area (Å²) >= 11 is 13.8. The second-order valence-electron chi connectivity index (χ2n) is 3.86. The second-order valence-corrected chi connectivity index (χ2v) is 5.80. The molecule has 0 aromatic carbocycles. The first kappa shape index (κ1) is 14.5. The third-order valence-corrected chi connectivity index (χ3v) is 3.89. The van der Waals surface area contributed by atoms with E-state index in [2.05, 4.69) is 42.8 Å². The summed E-state index contributed by atoms with van der Waals surface area (Å²) in [5, 5.41) is 9.13. The molecule has 0 radical (unpaired) electrons. The Kier molecular flexibility index (Phi) is 4.22. The number of hydrogen-bond acceptors (Lipinski definition) is 4. The highest BCUT2D eigenvalue weighted by Crippen LogP contribution is 2.14. The van der Waals surface area contributed by atoms with Gasteiger partial charge in [-0.1, -0.05) is 23.2 Å². The van der Waals surface area contributed by atoms with Crippen LogP contribution in [0.2, 0.25) is 10.3 Å². The molecule has 0 unspecified atom stereocenters. The van der Waals surface area contributed by atoms with Gasteiger partial charge in [0.05, 0.1) is 16.0 Å². The topological polar surface area (TPSA) is 60.4 Å². The molecular formula is C12H7Cl2IN6. The maximum Gasteiger partial charge on any atom is 0.170 e. The highest BCUT2D eigenvalue weighted by atomic mass is 127. The Morgan fingerprint density at radius 1 is 0.857 bits per heavy atom. The fourth-order valence-electron chi connectivity index (χ4n) is 1.64. The molecule has 4 heterocycles. The molecule has 0 saturated heterocycles. The van der Waals surface area contributed by atoms with Gasteiger partial charge in [0, 0.05) is 18.5 Å². The van der Waals surface area contributed by atoms with Crippen molar-refractivity contribution in [1.29, 1.82) is 0 Å². The van der Waals surface area contributed by atoms with Crippen LogP contribution >= 0.6 is 45.8 Å². The molecule has 0 amide bonds. The fraction of sp³-hybridized carbons (Fsp3) is 0. The smallest absolute Gasteiger partial charge is 0.170 e. The molecule has 21 heavy (non-hydrogen) atoms. The minimum Gasteiger partial charge on any atom is -0.237 e. The van der Waals surface area contributed by atoms with Crippen molar-refractivity contribution in [1.82, 2.24) is 29.2 Å². The van der Waals surface area contributed by atoms with Crippen molar-refractivity contribution in [2.45, 2.75) is 0 Å². The first-order chi connectivity index (χ1) is 10.2. The molecular weight excluding hydrogens is 426 g/mol. The third-order valence-electron chi connectivity index (χ3n) is 2.56. The molecule has 0 bridgehead atoms. The number of rotatable bonds is 0. The molecule has 0 fully saturated rings. The van der Waals surface area contributed by atoms with Crippen molar-refractivity contribution < 1.29 is 0 Å². The summed E-state index contributed by atoms with van der Waals surface area (Å²) in [7, 11) is 0. The maximum absolute atomic E-state index is 5.83. The Morgan fingerprint density at radius 3 is 2.29 bits per heavy atom. The van der Waals surface area contributed by atoms with Crippen molar-refractivity contribution >= 4 is 57.1 Å². The molecule has 0 aliphatic carbocycles. The molecule has 4 aromatic heterocycles. The summed E-state index contributed by atoms with van der Waals surface area (Å²) in [6.45, 7) is 0. The van der Waals surface area contributed by atoms with Crippen LogP contribution in [0, 0.1) is 3.57 Å². The van der Waals surface area contributed by atoms with E-state index in [9.17, 15) is 0 Å². The predicted octanol–water partition coefficient (Wildman–Crippen LogP) is 3.37. The van der Waals surface area contributed by atoms with E-state index in [0.29, 0.717) is 10.3 Å². The van der Waals surface area contributed by atoms with Crippen LogP contribution in [-0.4, -0.2) is 29.2 Å². The molecule has 9 heteroatoms. The maximum atomic E-state index is 5.83. The summed E-state index contributed by atoms with van der Waals surface area (Å²) in [5.41, 5.74) is 1.57. The van der Waals surface area contributed by atoms with E-state index < -0.39 is 0 Å². The number of hydrogen-bond donors (Lipinski definition) is 0. The Balaban J connectivity index is 0.000000126. The van der Waals surface area contributed by atoms with Crippen LogP contribution in [0.25, 0.3) is 11.3 Å². The van der Waals surface area contributed by atoms with Gasteiger partial charge in [-0.15, -0.1) is 0 Å². The molecule has 4 rings (SSSR count). The molecule has 0 aliphatic rings. The van der Waals surface area contributed by atoms with E-state index in [4.69, 9.17) is 23.2 Å². The molecule has 0 aliphatic heterocycles. The van der Waals surface area contributed by atoms with E-state index >= 15 is 0 Å². The predicted molar refractivity (Wildman–Crippen MR) is 88.7 cm³/mol. The highest BCUT2D eigenvalue weighted by molar-refractivity contribution is 14.1. The average Bonchev–Trinajstić information content (AvgIpc) is 3.09. The van der Waals surface area contributed by atoms with Crippen molar-refractivity contribution in [3.63, 3.8) is 0 Å². The summed E-state index contributed by atoms with van der Waals surface area (Å²) < 4.78 is 4.18. The van der Waals surface area contributed by atoms with Crippen molar-refractivity contribution in [2.24, 2.45) is 0 Å². The zero-order valence-corrected chi connectivity index (χ0v) is 14.0. The van der Waals surface area contributed by atoms with Gasteiger partial charge in [0.1, 0.15) is 10.3 Å². The van der Waals surface area contributed by atoms with Gasteiger partial charge in [0.2, 0.25) is 0 Å². The van der Waals surface area contributed by atoms with Crippen molar-refractivity contribution in [2.75, 3.05) is 0 Å². The number of halogens is 3. The fourth-order valence-corrected chi connectivity index (χ4v) is 2.50. The van der Waals surface area contributed by atoms with Crippen LogP contribution < -0.4 is 0 Å². The van der Waals surface area contributed by atoms with Gasteiger partial charge in [0.25, 0.3) is 0 Å². The van der Waals surface area contributed by atoms with E-state index in [1.54, 1.807) is 52.0 Å². The standard InChI is InChI=1S/C6H3ClIN3.C6H4ClN3/c7-5-1-2-9-6-4(8)3-10-11(5)6;7-5-1-3-8-6-2-4-9-10(5)6/h1-3H;1-4H. The number of fused-ring (bicyclic) bond motifs is 2. The zero-order chi connectivity index (χ0) is 14.8. The van der Waals surface area contributed by atoms with Gasteiger partial charge in [0.15, 0.2) is 11.3 Å². The normalized spacial score (nSPS) is 10.6. The second kappa shape index (κ2) is 6.12. The van der Waals surface area contributed by atoms with Crippen LogP contribution in [0.1, 0.15) is 0 Å². The van der Waals surface area contributed by atoms with E-state index in [1.807, 2.05) is 0 Å². The molecule has 106 valence electrons. The molecule has 6 nitrogen and oxygen atoms in total. The minimum absolute atomic E-state index is 0.579. The van der Waals surface area contributed by atoms with Gasteiger partial charge in [-0.25, -0.2) is 19.0 Å². The summed E-state index contributed by atoms with van der Waals surface area (Å²) in [6, 6.07) is 5.20. The van der Waals surface area contributed by atoms with E-state index in [-0.39, 0.29) is 0 Å². The largest absolute Gasteiger partial charge is 0.237 e. The van der Waals surface area contributed by atoms with Crippen LogP contribution in [0.5, 0.6) is 0 Å². The third kappa shape index (κ3) is 2.94. The molecule has 0 atom stereocenters. The highest BCUT2D eigenvalue weighted by Gasteiger charge is 2.02. The van der Waals surface area contributed by atoms with Crippen molar-refractivity contribution in [3.05, 3.63) is 56.9 Å². The van der Waals surface area contributed by atoms with E-state index in [1.165, 1.54) is 0 Å². The first-order valence-electron chi connectivity index (χ1n) is 5.75. The average molecular weight is 433 g/mol. The number of nitrogens with zero attached hydrogens (tertiary/aromatic N) is 6. The van der Waals surface area contributed by atoms with Crippen molar-refractivity contribution in [3.8, 4) is 0 Å². The van der Waals surface area contributed by atoms with Crippen LogP contribution in [0.15, 0.2) is 43.0 Å². The summed E-state index contributed by atoms with van der Waals surface area (Å²) in [6.07, 6.45) is 6.71. The van der Waals surface area contributed by atoms with Crippen LogP contribution in [-0.2, 0) is 0 Å². The van der Waals surface area contributed by atoms with Gasteiger partial charge in [-0.2, -0.15) is 10.2 Å². The Morgan fingerprint density at radius 2 is 1.57 bits per heavy atom. The lowest BCUT2D eigenvalue weighted by Gasteiger charge is -1.93. The first-order valence-corrected chi connectivity index (χ1v) is 7.58. The Bertz CT molecular complexity index is 903. The monoisotopic (exact) mass is 432 g/mol. The molecule has 0 saturated carbocycles. The SMILES string of the molecule is Clc1ccnc2c(I)cnn12.Clc1ccnc2ccnn12. The summed E-state index contributed by atoms with van der Waals surface area (Å²) in [4.78, 5) is 8.13. The molecule has 4 aromatic rings. The van der Waals surface area contributed by atoms with Gasteiger partial charge in [-0.3, -0.25) is 0 Å². The molecule has 0 spiro atoms. The van der Waals surface area contributed by atoms with Crippen LogP contribution in [0.4, 0.5) is 0 Å². The quantitative estimate of drug-likeness (QED) is 0.315. The van der Waals surface area contributed by atoms with E-state index in [0.717, 1.165) is 14.9 Å². The lowest BCUT2D eigenvalue weighted by molar-refractivity contribution is 0.940.